The molecule has 9 heteroatoms. The van der Waals surface area contributed by atoms with Crippen LogP contribution in [0.1, 0.15) is 56.9 Å². The Labute approximate surface area is 173 Å². The minimum absolute atomic E-state index is 0.0395. The number of nitrogens with zero attached hydrogens (tertiary/aromatic N) is 2. The molecular weight excluding hydrogens is 400 g/mol. The highest BCUT2D eigenvalue weighted by molar-refractivity contribution is 8.01. The lowest BCUT2D eigenvalue weighted by molar-refractivity contribution is 0.0515. The van der Waals surface area contributed by atoms with E-state index >= 15 is 0 Å². The summed E-state index contributed by atoms with van der Waals surface area (Å²) in [5.74, 6) is -0.451. The highest BCUT2D eigenvalue weighted by atomic mass is 32.2. The van der Waals surface area contributed by atoms with Crippen LogP contribution in [0.5, 0.6) is 0 Å². The number of hydrogen-bond acceptors (Lipinski definition) is 7. The van der Waals surface area contributed by atoms with Gasteiger partial charge >= 0.3 is 12.1 Å². The average Bonchev–Trinajstić information content (AvgIpc) is 3.19. The zero-order valence-corrected chi connectivity index (χ0v) is 18.1. The van der Waals surface area contributed by atoms with Crippen molar-refractivity contribution in [2.75, 3.05) is 12.3 Å². The monoisotopic (exact) mass is 428 g/mol. The van der Waals surface area contributed by atoms with E-state index in [0.717, 1.165) is 19.3 Å². The van der Waals surface area contributed by atoms with Crippen LogP contribution in [0.4, 0.5) is 4.79 Å². The summed E-state index contributed by atoms with van der Waals surface area (Å²) in [6.07, 6.45) is 6.55. The predicted octanol–water partition coefficient (Wildman–Crippen LogP) is 4.03. The van der Waals surface area contributed by atoms with Gasteiger partial charge in [0.2, 0.25) is 0 Å². The highest BCUT2D eigenvalue weighted by Gasteiger charge is 2.37. The lowest BCUT2D eigenvalue weighted by atomic mass is 9.94. The lowest BCUT2D eigenvalue weighted by Gasteiger charge is -2.23. The second kappa shape index (κ2) is 10.3. The van der Waals surface area contributed by atoms with E-state index in [1.165, 1.54) is 28.5 Å². The smallest absolute Gasteiger partial charge is 0.410 e. The topological polar surface area (TPSA) is 100.0 Å². The molecular formula is C19H28N2O5S2. The molecule has 0 aromatic carbocycles. The van der Waals surface area contributed by atoms with Crippen molar-refractivity contribution in [2.24, 2.45) is 0 Å². The number of amides is 1. The van der Waals surface area contributed by atoms with Gasteiger partial charge in [-0.2, -0.15) is 0 Å². The van der Waals surface area contributed by atoms with Crippen molar-refractivity contribution in [3.63, 3.8) is 0 Å². The Morgan fingerprint density at radius 3 is 2.93 bits per heavy atom. The van der Waals surface area contributed by atoms with Crippen LogP contribution in [-0.4, -0.2) is 62.2 Å². The number of rotatable bonds is 11. The number of cyclic esters (lactones) is 1. The maximum absolute atomic E-state index is 12.2. The molecule has 0 saturated carbocycles. The summed E-state index contributed by atoms with van der Waals surface area (Å²) in [7, 11) is 0. The number of thioether (sulfide) groups is 1. The van der Waals surface area contributed by atoms with E-state index in [-0.39, 0.29) is 23.9 Å². The second-order valence-corrected chi connectivity index (χ2v) is 9.36. The lowest BCUT2D eigenvalue weighted by Crippen LogP contribution is -2.36. The fourth-order valence-electron chi connectivity index (χ4n) is 2.95. The summed E-state index contributed by atoms with van der Waals surface area (Å²) in [6.45, 7) is 6.26. The Morgan fingerprint density at radius 1 is 1.54 bits per heavy atom. The molecule has 0 radical (unpaired) electrons. The molecule has 1 aliphatic rings. The Morgan fingerprint density at radius 2 is 2.29 bits per heavy atom. The molecule has 1 amide bonds. The van der Waals surface area contributed by atoms with Crippen LogP contribution >= 0.6 is 23.1 Å². The summed E-state index contributed by atoms with van der Waals surface area (Å²) in [5.41, 5.74) is -0.704. The minimum Gasteiger partial charge on any atom is -0.476 e. The first-order valence-corrected chi connectivity index (χ1v) is 11.3. The first-order valence-electron chi connectivity index (χ1n) is 9.41. The Kier molecular flexibility index (Phi) is 8.33. The summed E-state index contributed by atoms with van der Waals surface area (Å²) in [4.78, 5) is 28.7. The van der Waals surface area contributed by atoms with Gasteiger partial charge in [-0.25, -0.2) is 14.6 Å². The Hall–Kier alpha value is -1.58. The average molecular weight is 429 g/mol. The third-order valence-electron chi connectivity index (χ3n) is 4.58. The molecule has 3 atom stereocenters. The van der Waals surface area contributed by atoms with Crippen molar-refractivity contribution in [1.82, 2.24) is 9.88 Å². The molecule has 0 bridgehead atoms. The van der Waals surface area contributed by atoms with Crippen molar-refractivity contribution in [2.45, 2.75) is 68.5 Å². The van der Waals surface area contributed by atoms with E-state index in [9.17, 15) is 14.7 Å². The van der Waals surface area contributed by atoms with Crippen molar-refractivity contribution in [3.8, 4) is 0 Å². The number of aromatic nitrogens is 1. The molecule has 2 N–H and O–H groups in total. The Balaban J connectivity index is 1.89. The third kappa shape index (κ3) is 6.49. The molecule has 156 valence electrons. The number of aromatic carboxylic acids is 1. The number of ether oxygens (including phenoxy) is 1. The van der Waals surface area contributed by atoms with E-state index in [1.54, 1.807) is 4.90 Å². The van der Waals surface area contributed by atoms with Crippen molar-refractivity contribution in [3.05, 3.63) is 23.2 Å². The van der Waals surface area contributed by atoms with Gasteiger partial charge in [-0.05, 0) is 26.7 Å². The summed E-state index contributed by atoms with van der Waals surface area (Å²) in [6, 6.07) is -0.180. The number of thiazole rings is 1. The van der Waals surface area contributed by atoms with Gasteiger partial charge in [0, 0.05) is 17.7 Å². The van der Waals surface area contributed by atoms with Crippen LogP contribution in [0.2, 0.25) is 0 Å². The number of hydrogen-bond donors (Lipinski definition) is 2. The summed E-state index contributed by atoms with van der Waals surface area (Å²) < 4.78 is 6.01. The first-order chi connectivity index (χ1) is 13.2. The van der Waals surface area contributed by atoms with Crippen LogP contribution in [-0.2, 0) is 4.74 Å². The third-order valence-corrected chi connectivity index (χ3v) is 6.58. The number of carbonyl (C=O) groups is 2. The quantitative estimate of drug-likeness (QED) is 0.405. The molecule has 1 aliphatic heterocycles. The summed E-state index contributed by atoms with van der Waals surface area (Å²) in [5, 5.41) is 20.8. The molecule has 28 heavy (non-hydrogen) atoms. The number of aliphatic hydroxyl groups is 1. The SMILES string of the molecule is CCCCC(C)(O)CC=CC1C(C)OC(=O)N1CCSc1nc(C(=O)O)cs1. The molecule has 1 fully saturated rings. The molecule has 7 nitrogen and oxygen atoms in total. The van der Waals surface area contributed by atoms with E-state index in [4.69, 9.17) is 9.84 Å². The Bertz CT molecular complexity index is 704. The van der Waals surface area contributed by atoms with Gasteiger partial charge in [0.15, 0.2) is 10.0 Å². The molecule has 1 aromatic rings. The van der Waals surface area contributed by atoms with Crippen molar-refractivity contribution < 1.29 is 24.5 Å². The van der Waals surface area contributed by atoms with E-state index in [0.29, 0.717) is 23.1 Å². The fourth-order valence-corrected chi connectivity index (χ4v) is 4.76. The van der Waals surface area contributed by atoms with Crippen LogP contribution in [0.15, 0.2) is 21.9 Å². The molecule has 2 rings (SSSR count). The van der Waals surface area contributed by atoms with E-state index in [2.05, 4.69) is 11.9 Å². The van der Waals surface area contributed by atoms with Gasteiger partial charge in [-0.3, -0.25) is 4.90 Å². The van der Waals surface area contributed by atoms with Gasteiger partial charge in [0.25, 0.3) is 0 Å². The number of carboxylic acid groups (broad SMARTS) is 1. The van der Waals surface area contributed by atoms with Crippen LogP contribution in [0.3, 0.4) is 0 Å². The first kappa shape index (κ1) is 22.7. The standard InChI is InChI=1S/C19H28N2O5S2/c1-4-5-8-19(3,25)9-6-7-15-13(2)26-18(24)21(15)10-11-27-17-20-14(12-28-17)16(22)23/h6-7,12-13,15,25H,4-5,8-11H2,1-3H3,(H,22,23). The van der Waals surface area contributed by atoms with Crippen LogP contribution in [0, 0.1) is 0 Å². The molecule has 0 aliphatic carbocycles. The van der Waals surface area contributed by atoms with Gasteiger partial charge in [0.05, 0.1) is 11.6 Å². The number of carbonyl (C=O) groups excluding carboxylic acids is 1. The van der Waals surface area contributed by atoms with E-state index < -0.39 is 11.6 Å². The maximum atomic E-state index is 12.2. The number of carboxylic acids is 1. The van der Waals surface area contributed by atoms with Crippen molar-refractivity contribution >= 4 is 35.2 Å². The van der Waals surface area contributed by atoms with Gasteiger partial charge in [-0.15, -0.1) is 11.3 Å². The minimum atomic E-state index is -1.04. The van der Waals surface area contributed by atoms with Gasteiger partial charge < -0.3 is 14.9 Å². The second-order valence-electron chi connectivity index (χ2n) is 7.16. The largest absolute Gasteiger partial charge is 0.476 e. The molecule has 0 spiro atoms. The normalized spacial score (nSPS) is 21.9. The molecule has 1 saturated heterocycles. The van der Waals surface area contributed by atoms with E-state index in [1.807, 2.05) is 26.0 Å². The zero-order valence-electron chi connectivity index (χ0n) is 16.5. The molecule has 1 aromatic heterocycles. The zero-order chi connectivity index (χ0) is 20.7. The van der Waals surface area contributed by atoms with Gasteiger partial charge in [0.1, 0.15) is 6.10 Å². The van der Waals surface area contributed by atoms with Crippen LogP contribution in [0.25, 0.3) is 0 Å². The van der Waals surface area contributed by atoms with Crippen molar-refractivity contribution in [1.29, 1.82) is 0 Å². The number of unbranched alkanes of at least 4 members (excludes halogenated alkanes) is 1. The predicted molar refractivity (Wildman–Crippen MR) is 110 cm³/mol. The highest BCUT2D eigenvalue weighted by Crippen LogP contribution is 2.26. The summed E-state index contributed by atoms with van der Waals surface area (Å²) >= 11 is 2.70. The fraction of sp³-hybridized carbons (Fsp3) is 0.632. The van der Waals surface area contributed by atoms with Gasteiger partial charge in [-0.1, -0.05) is 43.7 Å². The molecule has 2 heterocycles. The maximum Gasteiger partial charge on any atom is 0.410 e. The van der Waals surface area contributed by atoms with Crippen LogP contribution < -0.4 is 0 Å². The molecule has 3 unspecified atom stereocenters.